The normalized spacial score (nSPS) is 13.7. The monoisotopic (exact) mass is 267 g/mol. The van der Waals surface area contributed by atoms with E-state index in [2.05, 4.69) is 13.2 Å². The number of rotatable bonds is 10. The van der Waals surface area contributed by atoms with Gasteiger partial charge in [-0.1, -0.05) is 26.0 Å². The van der Waals surface area contributed by atoms with Crippen LogP contribution in [0.4, 0.5) is 0 Å². The maximum Gasteiger partial charge on any atom is 0.324 e. The molecule has 0 bridgehead atoms. The number of ether oxygens (including phenoxy) is 1. The molecule has 0 aliphatic carbocycles. The van der Waals surface area contributed by atoms with Gasteiger partial charge in [0, 0.05) is 25.4 Å². The molecule has 4 nitrogen and oxygen atoms in total. The van der Waals surface area contributed by atoms with Crippen molar-refractivity contribution in [3.05, 3.63) is 25.3 Å². The summed E-state index contributed by atoms with van der Waals surface area (Å²) in [6.45, 7) is 14.0. The Bertz CT molecular complexity index is 315. The lowest BCUT2D eigenvalue weighted by Crippen LogP contribution is -2.48. The zero-order valence-electron chi connectivity index (χ0n) is 12.2. The van der Waals surface area contributed by atoms with Crippen LogP contribution in [-0.2, 0) is 14.3 Å². The molecule has 0 fully saturated rings. The molecule has 108 valence electrons. The third-order valence-corrected chi connectivity index (χ3v) is 2.98. The summed E-state index contributed by atoms with van der Waals surface area (Å²) in [7, 11) is 0. The largest absolute Gasteiger partial charge is 0.465 e. The smallest absolute Gasteiger partial charge is 0.324 e. The Kier molecular flexibility index (Phi) is 8.79. The minimum atomic E-state index is -0.580. The van der Waals surface area contributed by atoms with E-state index in [-0.39, 0.29) is 11.8 Å². The van der Waals surface area contributed by atoms with Crippen LogP contribution in [0.3, 0.4) is 0 Å². The van der Waals surface area contributed by atoms with Crippen LogP contribution in [0.5, 0.6) is 0 Å². The number of hydrogen-bond donors (Lipinski definition) is 0. The summed E-state index contributed by atoms with van der Waals surface area (Å²) in [5, 5.41) is 0. The fourth-order valence-corrected chi connectivity index (χ4v) is 2.03. The molecule has 0 aliphatic rings. The standard InChI is InChI=1S/C15H25NO3/c1-6-10-16(11-7-2)14(15(18)19-9-4)12(5)13(17)8-3/h6-7,12,14H,1-2,8-11H2,3-5H3/t12-,14+/m1/s1. The zero-order valence-corrected chi connectivity index (χ0v) is 12.2. The Labute approximate surface area is 116 Å². The van der Waals surface area contributed by atoms with Gasteiger partial charge in [0.05, 0.1) is 6.61 Å². The molecule has 19 heavy (non-hydrogen) atoms. The van der Waals surface area contributed by atoms with Crippen LogP contribution < -0.4 is 0 Å². The van der Waals surface area contributed by atoms with E-state index >= 15 is 0 Å². The predicted octanol–water partition coefficient (Wildman–Crippen LogP) is 2.21. The Morgan fingerprint density at radius 2 is 1.74 bits per heavy atom. The van der Waals surface area contributed by atoms with Gasteiger partial charge in [0.25, 0.3) is 0 Å². The molecular formula is C15H25NO3. The van der Waals surface area contributed by atoms with E-state index in [0.29, 0.717) is 26.1 Å². The summed E-state index contributed by atoms with van der Waals surface area (Å²) in [5.74, 6) is -0.708. The average Bonchev–Trinajstić information content (AvgIpc) is 2.38. The van der Waals surface area contributed by atoms with E-state index in [0.717, 1.165) is 0 Å². The maximum atomic E-state index is 12.1. The molecule has 0 aromatic carbocycles. The molecule has 0 radical (unpaired) electrons. The van der Waals surface area contributed by atoms with Crippen LogP contribution in [0, 0.1) is 5.92 Å². The molecule has 0 aliphatic heterocycles. The molecule has 0 unspecified atom stereocenters. The first kappa shape index (κ1) is 17.6. The maximum absolute atomic E-state index is 12.1. The second-order valence-electron chi connectivity index (χ2n) is 4.34. The third kappa shape index (κ3) is 5.39. The highest BCUT2D eigenvalue weighted by atomic mass is 16.5. The minimum absolute atomic E-state index is 0.0520. The summed E-state index contributed by atoms with van der Waals surface area (Å²) >= 11 is 0. The number of nitrogens with zero attached hydrogens (tertiary/aromatic N) is 1. The lowest BCUT2D eigenvalue weighted by Gasteiger charge is -2.31. The Hall–Kier alpha value is -1.42. The summed E-state index contributed by atoms with van der Waals surface area (Å²) in [5.41, 5.74) is 0. The Balaban J connectivity index is 5.20. The van der Waals surface area contributed by atoms with Crippen LogP contribution in [0.15, 0.2) is 25.3 Å². The molecule has 0 spiro atoms. The molecular weight excluding hydrogens is 242 g/mol. The molecule has 0 N–H and O–H groups in total. The van der Waals surface area contributed by atoms with E-state index in [1.807, 2.05) is 4.90 Å². The van der Waals surface area contributed by atoms with Gasteiger partial charge in [-0.25, -0.2) is 0 Å². The van der Waals surface area contributed by atoms with Crippen LogP contribution in [0.25, 0.3) is 0 Å². The molecule has 4 heteroatoms. The summed E-state index contributed by atoms with van der Waals surface area (Å²) in [6, 6.07) is -0.580. The fourth-order valence-electron chi connectivity index (χ4n) is 2.03. The van der Waals surface area contributed by atoms with Crippen LogP contribution >= 0.6 is 0 Å². The topological polar surface area (TPSA) is 46.6 Å². The molecule has 0 heterocycles. The van der Waals surface area contributed by atoms with Crippen LogP contribution in [0.2, 0.25) is 0 Å². The zero-order chi connectivity index (χ0) is 14.8. The summed E-state index contributed by atoms with van der Waals surface area (Å²) in [4.78, 5) is 25.9. The number of esters is 1. The SMILES string of the molecule is C=CCN(CC=C)[C@H](C(=O)OCC)[C@H](C)C(=O)CC. The lowest BCUT2D eigenvalue weighted by atomic mass is 9.94. The van der Waals surface area contributed by atoms with Gasteiger partial charge in [0.2, 0.25) is 0 Å². The van der Waals surface area contributed by atoms with E-state index in [1.165, 1.54) is 0 Å². The minimum Gasteiger partial charge on any atom is -0.465 e. The summed E-state index contributed by atoms with van der Waals surface area (Å²) < 4.78 is 5.09. The van der Waals surface area contributed by atoms with Crippen molar-refractivity contribution >= 4 is 11.8 Å². The third-order valence-electron chi connectivity index (χ3n) is 2.98. The van der Waals surface area contributed by atoms with Gasteiger partial charge in [0.1, 0.15) is 11.8 Å². The van der Waals surface area contributed by atoms with Crippen LogP contribution in [-0.4, -0.2) is 42.4 Å². The van der Waals surface area contributed by atoms with Crippen molar-refractivity contribution in [3.63, 3.8) is 0 Å². The van der Waals surface area contributed by atoms with Gasteiger partial charge in [-0.15, -0.1) is 13.2 Å². The molecule has 2 atom stereocenters. The number of ketones is 1. The van der Waals surface area contributed by atoms with Crippen molar-refractivity contribution in [1.29, 1.82) is 0 Å². The van der Waals surface area contributed by atoms with E-state index in [4.69, 9.17) is 4.74 Å². The number of hydrogen-bond acceptors (Lipinski definition) is 4. The first-order valence-corrected chi connectivity index (χ1v) is 6.68. The molecule has 0 amide bonds. The lowest BCUT2D eigenvalue weighted by molar-refractivity contribution is -0.153. The van der Waals surface area contributed by atoms with Crippen LogP contribution in [0.1, 0.15) is 27.2 Å². The van der Waals surface area contributed by atoms with Gasteiger partial charge in [-0.05, 0) is 6.92 Å². The Morgan fingerprint density at radius 1 is 1.21 bits per heavy atom. The highest BCUT2D eigenvalue weighted by Gasteiger charge is 2.34. The van der Waals surface area contributed by atoms with Crippen molar-refractivity contribution in [2.45, 2.75) is 33.2 Å². The highest BCUT2D eigenvalue weighted by molar-refractivity contribution is 5.88. The quantitative estimate of drug-likeness (QED) is 0.450. The van der Waals surface area contributed by atoms with Crippen molar-refractivity contribution < 1.29 is 14.3 Å². The highest BCUT2D eigenvalue weighted by Crippen LogP contribution is 2.16. The van der Waals surface area contributed by atoms with Gasteiger partial charge in [-0.3, -0.25) is 14.5 Å². The van der Waals surface area contributed by atoms with Crippen molar-refractivity contribution in [2.24, 2.45) is 5.92 Å². The number of carbonyl (C=O) groups is 2. The molecule has 0 rings (SSSR count). The summed E-state index contributed by atoms with van der Waals surface area (Å²) in [6.07, 6.45) is 3.82. The van der Waals surface area contributed by atoms with E-state index in [1.54, 1.807) is 32.9 Å². The van der Waals surface area contributed by atoms with Gasteiger partial charge < -0.3 is 4.74 Å². The van der Waals surface area contributed by atoms with Crippen molar-refractivity contribution in [3.8, 4) is 0 Å². The van der Waals surface area contributed by atoms with Gasteiger partial charge >= 0.3 is 5.97 Å². The molecule has 0 aromatic heterocycles. The predicted molar refractivity (Wildman–Crippen MR) is 76.9 cm³/mol. The molecule has 0 aromatic rings. The second kappa shape index (κ2) is 9.50. The number of Topliss-reactive ketones (excluding diaryl/α,β-unsaturated/α-hetero) is 1. The van der Waals surface area contributed by atoms with Crippen molar-refractivity contribution in [1.82, 2.24) is 4.90 Å². The Morgan fingerprint density at radius 3 is 2.11 bits per heavy atom. The first-order chi connectivity index (χ1) is 9.03. The van der Waals surface area contributed by atoms with E-state index in [9.17, 15) is 9.59 Å². The molecule has 0 saturated carbocycles. The average molecular weight is 267 g/mol. The van der Waals surface area contributed by atoms with Gasteiger partial charge in [0.15, 0.2) is 0 Å². The number of carbonyl (C=O) groups excluding carboxylic acids is 2. The first-order valence-electron chi connectivity index (χ1n) is 6.68. The fraction of sp³-hybridized carbons (Fsp3) is 0.600. The van der Waals surface area contributed by atoms with Crippen molar-refractivity contribution in [2.75, 3.05) is 19.7 Å². The van der Waals surface area contributed by atoms with Gasteiger partial charge in [-0.2, -0.15) is 0 Å². The molecule has 0 saturated heterocycles. The van der Waals surface area contributed by atoms with E-state index < -0.39 is 12.0 Å². The second-order valence-corrected chi connectivity index (χ2v) is 4.34.